The number of rotatable bonds is 15. The quantitative estimate of drug-likeness (QED) is 0.266. The topological polar surface area (TPSA) is 101 Å². The Kier molecular flexibility index (Phi) is 11.9. The summed E-state index contributed by atoms with van der Waals surface area (Å²) in [5, 5.41) is 8.61. The van der Waals surface area contributed by atoms with E-state index in [1.807, 2.05) is 20.8 Å². The summed E-state index contributed by atoms with van der Waals surface area (Å²) < 4.78 is 27.1. The van der Waals surface area contributed by atoms with E-state index < -0.39 is 5.60 Å². The lowest BCUT2D eigenvalue weighted by atomic mass is 10.2. The normalized spacial score (nSPS) is 11.2. The third-order valence-corrected chi connectivity index (χ3v) is 3.40. The third kappa shape index (κ3) is 12.1. The summed E-state index contributed by atoms with van der Waals surface area (Å²) in [7, 11) is 0. The maximum Gasteiger partial charge on any atom is 0.306 e. The number of carbonyl (C=O) groups excluding carboxylic acids is 2. The molecule has 0 saturated heterocycles. The van der Waals surface area contributed by atoms with Crippen molar-refractivity contribution in [1.82, 2.24) is 0 Å². The van der Waals surface area contributed by atoms with Crippen LogP contribution in [0.15, 0.2) is 18.2 Å². The number of hydrogen-bond acceptors (Lipinski definition) is 8. The van der Waals surface area contributed by atoms with Gasteiger partial charge in [-0.1, -0.05) is 0 Å². The standard InChI is InChI=1S/C21H32O8/c1-21(2,3)29-20(24)5-4-9-27-18-7-6-17(16-23)15-19(18)28-14-13-26-12-11-25-10-8-22/h6-7,15-16,22H,4-5,8-14H2,1-3H3. The highest BCUT2D eigenvalue weighted by Crippen LogP contribution is 2.28. The van der Waals surface area contributed by atoms with Gasteiger partial charge in [-0.2, -0.15) is 0 Å². The van der Waals surface area contributed by atoms with Crippen LogP contribution in [0.3, 0.4) is 0 Å². The number of carbonyl (C=O) groups is 2. The van der Waals surface area contributed by atoms with Gasteiger partial charge in [-0.05, 0) is 45.4 Å². The first-order valence-electron chi connectivity index (χ1n) is 9.68. The Hall–Kier alpha value is -2.16. The van der Waals surface area contributed by atoms with Crippen LogP contribution in [0.1, 0.15) is 44.0 Å². The molecule has 0 atom stereocenters. The Bertz CT molecular complexity index is 609. The number of ether oxygens (including phenoxy) is 5. The van der Waals surface area contributed by atoms with Gasteiger partial charge in [0.15, 0.2) is 11.5 Å². The average Bonchev–Trinajstić information content (AvgIpc) is 2.66. The van der Waals surface area contributed by atoms with E-state index in [4.69, 9.17) is 28.8 Å². The molecule has 1 aromatic rings. The van der Waals surface area contributed by atoms with E-state index in [0.717, 1.165) is 6.29 Å². The molecule has 0 aliphatic rings. The first-order chi connectivity index (χ1) is 13.9. The predicted octanol–water partition coefficient (Wildman–Crippen LogP) is 2.40. The maximum absolute atomic E-state index is 11.7. The Labute approximate surface area is 172 Å². The van der Waals surface area contributed by atoms with Crippen LogP contribution < -0.4 is 9.47 Å². The number of aliphatic hydroxyl groups is 1. The minimum atomic E-state index is -0.503. The average molecular weight is 412 g/mol. The van der Waals surface area contributed by atoms with Gasteiger partial charge in [0.1, 0.15) is 18.5 Å². The van der Waals surface area contributed by atoms with Gasteiger partial charge >= 0.3 is 5.97 Å². The second-order valence-electron chi connectivity index (χ2n) is 7.16. The van der Waals surface area contributed by atoms with Crippen molar-refractivity contribution < 1.29 is 38.4 Å². The zero-order chi connectivity index (χ0) is 21.5. The van der Waals surface area contributed by atoms with Gasteiger partial charge < -0.3 is 28.8 Å². The van der Waals surface area contributed by atoms with Crippen LogP contribution in [0.2, 0.25) is 0 Å². The highest BCUT2D eigenvalue weighted by Gasteiger charge is 2.16. The molecule has 0 bridgehead atoms. The number of aldehydes is 1. The minimum Gasteiger partial charge on any atom is -0.490 e. The molecule has 0 unspecified atom stereocenters. The van der Waals surface area contributed by atoms with Crippen molar-refractivity contribution >= 4 is 12.3 Å². The van der Waals surface area contributed by atoms with Crippen molar-refractivity contribution in [1.29, 1.82) is 0 Å². The lowest BCUT2D eigenvalue weighted by Gasteiger charge is -2.19. The van der Waals surface area contributed by atoms with Crippen LogP contribution in [0.25, 0.3) is 0 Å². The van der Waals surface area contributed by atoms with Gasteiger partial charge in [0, 0.05) is 12.0 Å². The van der Waals surface area contributed by atoms with Crippen LogP contribution in [0.4, 0.5) is 0 Å². The third-order valence-electron chi connectivity index (χ3n) is 3.40. The van der Waals surface area contributed by atoms with E-state index in [0.29, 0.717) is 49.9 Å². The van der Waals surface area contributed by atoms with E-state index in [1.54, 1.807) is 18.2 Å². The first-order valence-corrected chi connectivity index (χ1v) is 9.68. The molecule has 0 aliphatic carbocycles. The second-order valence-corrected chi connectivity index (χ2v) is 7.16. The van der Waals surface area contributed by atoms with Crippen LogP contribution in [-0.4, -0.2) is 69.2 Å². The lowest BCUT2D eigenvalue weighted by molar-refractivity contribution is -0.155. The Morgan fingerprint density at radius 1 is 0.966 bits per heavy atom. The van der Waals surface area contributed by atoms with Gasteiger partial charge in [0.2, 0.25) is 0 Å². The summed E-state index contributed by atoms with van der Waals surface area (Å²) in [4.78, 5) is 22.7. The van der Waals surface area contributed by atoms with Gasteiger partial charge in [-0.3, -0.25) is 9.59 Å². The number of esters is 1. The molecule has 29 heavy (non-hydrogen) atoms. The zero-order valence-corrected chi connectivity index (χ0v) is 17.5. The van der Waals surface area contributed by atoms with Gasteiger partial charge in [0.05, 0.1) is 39.6 Å². The summed E-state index contributed by atoms with van der Waals surface area (Å²) in [6, 6.07) is 4.90. The predicted molar refractivity (Wildman–Crippen MR) is 107 cm³/mol. The molecule has 0 amide bonds. The van der Waals surface area contributed by atoms with Crippen molar-refractivity contribution in [3.63, 3.8) is 0 Å². The number of hydrogen-bond donors (Lipinski definition) is 1. The molecule has 0 fully saturated rings. The minimum absolute atomic E-state index is 0.0171. The van der Waals surface area contributed by atoms with Gasteiger partial charge in [-0.15, -0.1) is 0 Å². The summed E-state index contributed by atoms with van der Waals surface area (Å²) in [5.41, 5.74) is -0.0316. The molecule has 1 aromatic carbocycles. The fourth-order valence-corrected chi connectivity index (χ4v) is 2.22. The Morgan fingerprint density at radius 3 is 2.28 bits per heavy atom. The second kappa shape index (κ2) is 13.9. The molecule has 1 N–H and O–H groups in total. The van der Waals surface area contributed by atoms with Crippen LogP contribution in [0.5, 0.6) is 11.5 Å². The lowest BCUT2D eigenvalue weighted by Crippen LogP contribution is -2.24. The molecule has 0 saturated carbocycles. The molecular weight excluding hydrogens is 380 g/mol. The fraction of sp³-hybridized carbons (Fsp3) is 0.619. The molecule has 164 valence electrons. The van der Waals surface area contributed by atoms with E-state index in [1.165, 1.54) is 0 Å². The molecular formula is C21H32O8. The molecule has 0 spiro atoms. The van der Waals surface area contributed by atoms with E-state index in [-0.39, 0.29) is 32.2 Å². The maximum atomic E-state index is 11.7. The molecule has 8 heteroatoms. The SMILES string of the molecule is CC(C)(C)OC(=O)CCCOc1ccc(C=O)cc1OCCOCCOCCO. The van der Waals surface area contributed by atoms with E-state index in [9.17, 15) is 9.59 Å². The molecule has 8 nitrogen and oxygen atoms in total. The largest absolute Gasteiger partial charge is 0.490 e. The summed E-state index contributed by atoms with van der Waals surface area (Å²) in [5.74, 6) is 0.659. The zero-order valence-electron chi connectivity index (χ0n) is 17.5. The molecule has 1 rings (SSSR count). The molecule has 0 aliphatic heterocycles. The van der Waals surface area contributed by atoms with Gasteiger partial charge in [-0.25, -0.2) is 0 Å². The summed E-state index contributed by atoms with van der Waals surface area (Å²) >= 11 is 0. The first kappa shape index (κ1) is 24.9. The van der Waals surface area contributed by atoms with Crippen molar-refractivity contribution in [2.75, 3.05) is 46.2 Å². The van der Waals surface area contributed by atoms with E-state index in [2.05, 4.69) is 0 Å². The van der Waals surface area contributed by atoms with Crippen LogP contribution in [-0.2, 0) is 19.0 Å². The van der Waals surface area contributed by atoms with Crippen molar-refractivity contribution in [3.05, 3.63) is 23.8 Å². The fourth-order valence-electron chi connectivity index (χ4n) is 2.22. The molecule has 0 heterocycles. The summed E-state index contributed by atoms with van der Waals surface area (Å²) in [6.07, 6.45) is 1.49. The Morgan fingerprint density at radius 2 is 1.62 bits per heavy atom. The Balaban J connectivity index is 2.40. The number of benzene rings is 1. The van der Waals surface area contributed by atoms with Crippen LogP contribution in [0, 0.1) is 0 Å². The van der Waals surface area contributed by atoms with Crippen molar-refractivity contribution in [2.45, 2.75) is 39.2 Å². The van der Waals surface area contributed by atoms with E-state index >= 15 is 0 Å². The molecule has 0 aromatic heterocycles. The number of aliphatic hydroxyl groups excluding tert-OH is 1. The monoisotopic (exact) mass is 412 g/mol. The highest BCUT2D eigenvalue weighted by molar-refractivity contribution is 5.76. The highest BCUT2D eigenvalue weighted by atomic mass is 16.6. The smallest absolute Gasteiger partial charge is 0.306 e. The summed E-state index contributed by atoms with van der Waals surface area (Å²) in [6.45, 7) is 7.46. The van der Waals surface area contributed by atoms with Crippen molar-refractivity contribution in [2.24, 2.45) is 0 Å². The molecule has 0 radical (unpaired) electrons. The van der Waals surface area contributed by atoms with Gasteiger partial charge in [0.25, 0.3) is 0 Å². The van der Waals surface area contributed by atoms with Crippen molar-refractivity contribution in [3.8, 4) is 11.5 Å². The van der Waals surface area contributed by atoms with Crippen LogP contribution >= 0.6 is 0 Å².